The minimum atomic E-state index is 0. The molecule has 0 aliphatic rings. The van der Waals surface area contributed by atoms with Crippen molar-refractivity contribution >= 4 is 30.1 Å². The van der Waals surface area contributed by atoms with Crippen LogP contribution in [0.2, 0.25) is 0 Å². The van der Waals surface area contributed by atoms with E-state index in [4.69, 9.17) is 5.73 Å². The van der Waals surface area contributed by atoms with Gasteiger partial charge in [-0.2, -0.15) is 0 Å². The summed E-state index contributed by atoms with van der Waals surface area (Å²) in [5.74, 6) is 0.420. The van der Waals surface area contributed by atoms with Gasteiger partial charge in [-0.1, -0.05) is 0 Å². The number of pyridine rings is 1. The molecule has 6 heteroatoms. The van der Waals surface area contributed by atoms with Crippen LogP contribution in [0, 0.1) is 0 Å². The maximum Gasteiger partial charge on any atom is 0.230 e. The average molecular weight is 262 g/mol. The van der Waals surface area contributed by atoms with E-state index in [0.717, 1.165) is 4.90 Å². The predicted octanol–water partition coefficient (Wildman–Crippen LogP) is 1.06. The minimum absolute atomic E-state index is 0. The molecular weight excluding hydrogens is 246 g/mol. The average Bonchev–Trinajstić information content (AvgIpc) is 2.27. The molecule has 1 heterocycles. The standard InChI is InChI=1S/C10H15N3OS.ClH/c1-8(6-11)13-10(14)7-15-9-2-4-12-5-3-9;/h2-5,8H,6-7,11H2,1H3,(H,13,14);1H/t8-;/m0./s1. The molecule has 1 atom stereocenters. The molecule has 1 rings (SSSR count). The Morgan fingerprint density at radius 2 is 2.19 bits per heavy atom. The summed E-state index contributed by atoms with van der Waals surface area (Å²) >= 11 is 1.49. The molecule has 0 bridgehead atoms. The number of carbonyl (C=O) groups excluding carboxylic acids is 1. The number of halogens is 1. The molecule has 1 amide bonds. The molecule has 0 saturated carbocycles. The van der Waals surface area contributed by atoms with Crippen molar-refractivity contribution in [1.29, 1.82) is 0 Å². The summed E-state index contributed by atoms with van der Waals surface area (Å²) in [4.78, 5) is 16.3. The molecule has 0 unspecified atom stereocenters. The van der Waals surface area contributed by atoms with Crippen molar-refractivity contribution in [2.24, 2.45) is 5.73 Å². The van der Waals surface area contributed by atoms with Crippen molar-refractivity contribution in [2.75, 3.05) is 12.3 Å². The van der Waals surface area contributed by atoms with Crippen LogP contribution < -0.4 is 11.1 Å². The zero-order valence-electron chi connectivity index (χ0n) is 9.05. The number of hydrogen-bond donors (Lipinski definition) is 2. The molecule has 0 aliphatic heterocycles. The van der Waals surface area contributed by atoms with Gasteiger partial charge in [-0.25, -0.2) is 0 Å². The Hall–Kier alpha value is -0.780. The third kappa shape index (κ3) is 5.95. The smallest absolute Gasteiger partial charge is 0.230 e. The van der Waals surface area contributed by atoms with Crippen LogP contribution >= 0.6 is 24.2 Å². The van der Waals surface area contributed by atoms with Crippen LogP contribution in [0.3, 0.4) is 0 Å². The summed E-state index contributed by atoms with van der Waals surface area (Å²) in [7, 11) is 0. The summed E-state index contributed by atoms with van der Waals surface area (Å²) in [6.07, 6.45) is 3.42. The topological polar surface area (TPSA) is 68.0 Å². The van der Waals surface area contributed by atoms with Gasteiger partial charge in [0.25, 0.3) is 0 Å². The summed E-state index contributed by atoms with van der Waals surface area (Å²) in [6.45, 7) is 2.35. The molecule has 4 nitrogen and oxygen atoms in total. The van der Waals surface area contributed by atoms with Crippen LogP contribution in [0.1, 0.15) is 6.92 Å². The fourth-order valence-electron chi connectivity index (χ4n) is 0.959. The van der Waals surface area contributed by atoms with E-state index in [1.54, 1.807) is 12.4 Å². The summed E-state index contributed by atoms with van der Waals surface area (Å²) < 4.78 is 0. The highest BCUT2D eigenvalue weighted by atomic mass is 35.5. The molecule has 1 aromatic heterocycles. The van der Waals surface area contributed by atoms with Gasteiger partial charge in [0.05, 0.1) is 5.75 Å². The quantitative estimate of drug-likeness (QED) is 0.778. The fraction of sp³-hybridized carbons (Fsp3) is 0.400. The lowest BCUT2D eigenvalue weighted by molar-refractivity contribution is -0.119. The Kier molecular flexibility index (Phi) is 7.97. The molecular formula is C10H16ClN3OS. The Morgan fingerprint density at radius 3 is 2.75 bits per heavy atom. The molecule has 0 aromatic carbocycles. The van der Waals surface area contributed by atoms with E-state index in [-0.39, 0.29) is 24.4 Å². The number of nitrogens with zero attached hydrogens (tertiary/aromatic N) is 1. The van der Waals surface area contributed by atoms with Crippen molar-refractivity contribution in [3.63, 3.8) is 0 Å². The van der Waals surface area contributed by atoms with Crippen LogP contribution in [0.25, 0.3) is 0 Å². The first-order chi connectivity index (χ1) is 7.22. The molecule has 3 N–H and O–H groups in total. The first-order valence-corrected chi connectivity index (χ1v) is 5.73. The van der Waals surface area contributed by atoms with Gasteiger partial charge >= 0.3 is 0 Å². The number of aromatic nitrogens is 1. The van der Waals surface area contributed by atoms with Crippen LogP contribution in [0.5, 0.6) is 0 Å². The second-order valence-electron chi connectivity index (χ2n) is 3.18. The Balaban J connectivity index is 0.00000225. The number of carbonyl (C=O) groups is 1. The predicted molar refractivity (Wildman–Crippen MR) is 68.9 cm³/mol. The Bertz CT molecular complexity index is 310. The van der Waals surface area contributed by atoms with Crippen LogP contribution in [-0.2, 0) is 4.79 Å². The number of amides is 1. The van der Waals surface area contributed by atoms with Gasteiger partial charge < -0.3 is 11.1 Å². The fourth-order valence-corrected chi connectivity index (χ4v) is 1.65. The van der Waals surface area contributed by atoms with Gasteiger partial charge in [0, 0.05) is 29.9 Å². The molecule has 90 valence electrons. The maximum absolute atomic E-state index is 11.4. The van der Waals surface area contributed by atoms with Gasteiger partial charge in [0.15, 0.2) is 0 Å². The zero-order chi connectivity index (χ0) is 11.1. The lowest BCUT2D eigenvalue weighted by Gasteiger charge is -2.10. The molecule has 0 fully saturated rings. The monoisotopic (exact) mass is 261 g/mol. The van der Waals surface area contributed by atoms with Crippen LogP contribution in [-0.4, -0.2) is 29.2 Å². The third-order valence-corrected chi connectivity index (χ3v) is 2.79. The second-order valence-corrected chi connectivity index (χ2v) is 4.22. The normalized spacial score (nSPS) is 11.4. The zero-order valence-corrected chi connectivity index (χ0v) is 10.7. The van der Waals surface area contributed by atoms with E-state index in [1.165, 1.54) is 11.8 Å². The molecule has 0 spiro atoms. The van der Waals surface area contributed by atoms with Crippen molar-refractivity contribution in [2.45, 2.75) is 17.9 Å². The van der Waals surface area contributed by atoms with Crippen molar-refractivity contribution in [3.05, 3.63) is 24.5 Å². The van der Waals surface area contributed by atoms with Crippen molar-refractivity contribution in [3.8, 4) is 0 Å². The number of thioether (sulfide) groups is 1. The summed E-state index contributed by atoms with van der Waals surface area (Å²) in [5, 5.41) is 2.80. The molecule has 0 saturated heterocycles. The van der Waals surface area contributed by atoms with E-state index >= 15 is 0 Å². The highest BCUT2D eigenvalue weighted by Crippen LogP contribution is 2.15. The van der Waals surface area contributed by atoms with E-state index in [2.05, 4.69) is 10.3 Å². The molecule has 0 aliphatic carbocycles. The van der Waals surface area contributed by atoms with Gasteiger partial charge in [-0.15, -0.1) is 24.2 Å². The van der Waals surface area contributed by atoms with Gasteiger partial charge in [-0.3, -0.25) is 9.78 Å². The van der Waals surface area contributed by atoms with E-state index in [1.807, 2.05) is 19.1 Å². The van der Waals surface area contributed by atoms with E-state index in [9.17, 15) is 4.79 Å². The molecule has 16 heavy (non-hydrogen) atoms. The maximum atomic E-state index is 11.4. The molecule has 1 aromatic rings. The van der Waals surface area contributed by atoms with Crippen LogP contribution in [0.15, 0.2) is 29.4 Å². The Morgan fingerprint density at radius 1 is 1.56 bits per heavy atom. The number of hydrogen-bond acceptors (Lipinski definition) is 4. The highest BCUT2D eigenvalue weighted by Gasteiger charge is 2.05. The third-order valence-electron chi connectivity index (χ3n) is 1.78. The lowest BCUT2D eigenvalue weighted by atomic mass is 10.3. The molecule has 0 radical (unpaired) electrons. The minimum Gasteiger partial charge on any atom is -0.352 e. The van der Waals surface area contributed by atoms with Crippen LogP contribution in [0.4, 0.5) is 0 Å². The highest BCUT2D eigenvalue weighted by molar-refractivity contribution is 8.00. The van der Waals surface area contributed by atoms with Gasteiger partial charge in [0.2, 0.25) is 5.91 Å². The van der Waals surface area contributed by atoms with E-state index < -0.39 is 0 Å². The first-order valence-electron chi connectivity index (χ1n) is 4.74. The number of nitrogens with one attached hydrogen (secondary N) is 1. The number of rotatable bonds is 5. The Labute approximate surface area is 106 Å². The van der Waals surface area contributed by atoms with Gasteiger partial charge in [0.1, 0.15) is 0 Å². The summed E-state index contributed by atoms with van der Waals surface area (Å²) in [5.41, 5.74) is 5.40. The number of nitrogens with two attached hydrogens (primary N) is 1. The SMILES string of the molecule is C[C@@H](CN)NC(=O)CSc1ccncc1.Cl. The first kappa shape index (κ1) is 15.2. The summed E-state index contributed by atoms with van der Waals surface area (Å²) in [6, 6.07) is 3.80. The van der Waals surface area contributed by atoms with E-state index in [0.29, 0.717) is 12.3 Å². The largest absolute Gasteiger partial charge is 0.352 e. The van der Waals surface area contributed by atoms with Crippen molar-refractivity contribution in [1.82, 2.24) is 10.3 Å². The van der Waals surface area contributed by atoms with Gasteiger partial charge in [-0.05, 0) is 19.1 Å². The van der Waals surface area contributed by atoms with Crippen molar-refractivity contribution < 1.29 is 4.79 Å². The second kappa shape index (κ2) is 8.38. The lowest BCUT2D eigenvalue weighted by Crippen LogP contribution is -2.38.